The van der Waals surface area contributed by atoms with Gasteiger partial charge in [-0.3, -0.25) is 0 Å². The molecule has 5 nitrogen and oxygen atoms in total. The van der Waals surface area contributed by atoms with E-state index in [-0.39, 0.29) is 5.75 Å². The van der Waals surface area contributed by atoms with Crippen LogP contribution in [0.15, 0.2) is 0 Å². The summed E-state index contributed by atoms with van der Waals surface area (Å²) < 4.78 is 37.3. The molecule has 0 aromatic carbocycles. The first kappa shape index (κ1) is 12.9. The molecule has 0 spiro atoms. The second kappa shape index (κ2) is 5.25. The van der Waals surface area contributed by atoms with Gasteiger partial charge in [0.2, 0.25) is 0 Å². The van der Waals surface area contributed by atoms with Gasteiger partial charge in [-0.1, -0.05) is 0 Å². The molecular weight excluding hydrogens is 218 g/mol. The van der Waals surface area contributed by atoms with E-state index in [1.165, 1.54) is 0 Å². The number of ether oxygens (including phenoxy) is 1. The third kappa shape index (κ3) is 5.46. The Morgan fingerprint density at radius 1 is 1.27 bits per heavy atom. The molecule has 1 saturated heterocycles. The van der Waals surface area contributed by atoms with Crippen molar-refractivity contribution >= 4 is 10.1 Å². The van der Waals surface area contributed by atoms with Crippen LogP contribution in [0.3, 0.4) is 0 Å². The topological polar surface area (TPSA) is 66.4 Å². The number of hydrogen-bond donors (Lipinski definition) is 0. The molecule has 0 aromatic heterocycles. The molecule has 1 rings (SSSR count). The van der Waals surface area contributed by atoms with Gasteiger partial charge in [0, 0.05) is 5.75 Å². The molecule has 1 fully saturated rings. The SMILES string of the molecule is C[N+]1(CCCCS(=O)(=O)[O-])CCOCC1. The lowest BCUT2D eigenvalue weighted by Gasteiger charge is -2.37. The van der Waals surface area contributed by atoms with E-state index in [1.807, 2.05) is 0 Å². The van der Waals surface area contributed by atoms with E-state index in [9.17, 15) is 13.0 Å². The molecule has 0 aliphatic carbocycles. The van der Waals surface area contributed by atoms with Gasteiger partial charge in [-0.2, -0.15) is 0 Å². The number of morpholine rings is 1. The number of unbranched alkanes of at least 4 members (excludes halogenated alkanes) is 1. The molecule has 1 aliphatic heterocycles. The normalized spacial score (nSPS) is 21.5. The smallest absolute Gasteiger partial charge is 0.102 e. The summed E-state index contributed by atoms with van der Waals surface area (Å²) in [4.78, 5) is 0. The Kier molecular flexibility index (Phi) is 4.51. The first-order valence-corrected chi connectivity index (χ1v) is 6.84. The highest BCUT2D eigenvalue weighted by atomic mass is 32.2. The summed E-state index contributed by atoms with van der Waals surface area (Å²) in [5, 5.41) is 0. The second-order valence-corrected chi connectivity index (χ2v) is 5.90. The zero-order valence-corrected chi connectivity index (χ0v) is 9.96. The van der Waals surface area contributed by atoms with Crippen molar-refractivity contribution in [3.05, 3.63) is 0 Å². The van der Waals surface area contributed by atoms with Crippen LogP contribution in [0.4, 0.5) is 0 Å². The van der Waals surface area contributed by atoms with Crippen LogP contribution < -0.4 is 0 Å². The fourth-order valence-corrected chi connectivity index (χ4v) is 2.34. The first-order chi connectivity index (χ1) is 6.91. The Morgan fingerprint density at radius 2 is 1.87 bits per heavy atom. The van der Waals surface area contributed by atoms with Crippen molar-refractivity contribution in [1.82, 2.24) is 0 Å². The molecule has 0 aromatic rings. The lowest BCUT2D eigenvalue weighted by atomic mass is 10.2. The summed E-state index contributed by atoms with van der Waals surface area (Å²) in [5.74, 6) is -0.233. The van der Waals surface area contributed by atoms with E-state index in [4.69, 9.17) is 4.74 Å². The summed E-state index contributed by atoms with van der Waals surface area (Å²) in [6.07, 6.45) is 1.26. The highest BCUT2D eigenvalue weighted by Gasteiger charge is 2.24. The Morgan fingerprint density at radius 3 is 2.40 bits per heavy atom. The van der Waals surface area contributed by atoms with Crippen molar-refractivity contribution in [1.29, 1.82) is 0 Å². The quantitative estimate of drug-likeness (QED) is 0.377. The molecule has 0 unspecified atom stereocenters. The van der Waals surface area contributed by atoms with Crippen LogP contribution >= 0.6 is 0 Å². The van der Waals surface area contributed by atoms with Crippen LogP contribution in [-0.4, -0.2) is 63.1 Å². The standard InChI is InChI=1S/C9H19NO4S/c1-10(5-7-14-8-6-10)4-2-3-9-15(11,12)13/h2-9H2,1H3. The third-order valence-corrected chi connectivity index (χ3v) is 3.68. The zero-order valence-electron chi connectivity index (χ0n) is 9.15. The highest BCUT2D eigenvalue weighted by Crippen LogP contribution is 2.09. The summed E-state index contributed by atoms with van der Waals surface area (Å²) in [7, 11) is -1.88. The summed E-state index contributed by atoms with van der Waals surface area (Å²) in [6.45, 7) is 4.43. The van der Waals surface area contributed by atoms with Gasteiger partial charge in [0.1, 0.15) is 13.1 Å². The monoisotopic (exact) mass is 237 g/mol. The zero-order chi connectivity index (χ0) is 11.4. The van der Waals surface area contributed by atoms with Crippen LogP contribution in [-0.2, 0) is 14.9 Å². The Bertz CT molecular complexity index is 282. The maximum atomic E-state index is 10.4. The third-order valence-electron chi connectivity index (χ3n) is 2.89. The Balaban J connectivity index is 2.19. The predicted octanol–water partition coefficient (Wildman–Crippen LogP) is -0.211. The largest absolute Gasteiger partial charge is 0.748 e. The van der Waals surface area contributed by atoms with Crippen molar-refractivity contribution in [2.24, 2.45) is 0 Å². The summed E-state index contributed by atoms with van der Waals surface area (Å²) in [5.41, 5.74) is 0. The molecular formula is C9H19NO4S. The van der Waals surface area contributed by atoms with Crippen LogP contribution in [0, 0.1) is 0 Å². The minimum Gasteiger partial charge on any atom is -0.748 e. The molecule has 1 heterocycles. The number of hydrogen-bond acceptors (Lipinski definition) is 4. The Labute approximate surface area is 91.4 Å². The van der Waals surface area contributed by atoms with Gasteiger partial charge in [0.25, 0.3) is 0 Å². The van der Waals surface area contributed by atoms with E-state index in [1.54, 1.807) is 0 Å². The van der Waals surface area contributed by atoms with E-state index in [0.717, 1.165) is 43.8 Å². The fourth-order valence-electron chi connectivity index (χ4n) is 1.78. The number of likely N-dealkylation sites (N-methyl/N-ethyl adjacent to an activating group) is 1. The van der Waals surface area contributed by atoms with E-state index >= 15 is 0 Å². The molecule has 1 aliphatic rings. The molecule has 0 N–H and O–H groups in total. The van der Waals surface area contributed by atoms with E-state index < -0.39 is 10.1 Å². The molecule has 0 bridgehead atoms. The maximum absolute atomic E-state index is 10.4. The van der Waals surface area contributed by atoms with Crippen LogP contribution in [0.5, 0.6) is 0 Å². The van der Waals surface area contributed by atoms with Crippen molar-refractivity contribution in [3.8, 4) is 0 Å². The summed E-state index contributed by atoms with van der Waals surface area (Å²) in [6, 6.07) is 0. The van der Waals surface area contributed by atoms with E-state index in [0.29, 0.717) is 6.42 Å². The van der Waals surface area contributed by atoms with Crippen molar-refractivity contribution in [2.45, 2.75) is 12.8 Å². The van der Waals surface area contributed by atoms with Gasteiger partial charge in [0.15, 0.2) is 0 Å². The summed E-state index contributed by atoms with van der Waals surface area (Å²) >= 11 is 0. The fraction of sp³-hybridized carbons (Fsp3) is 1.00. The minimum absolute atomic E-state index is 0.233. The molecule has 90 valence electrons. The van der Waals surface area contributed by atoms with E-state index in [2.05, 4.69) is 7.05 Å². The lowest BCUT2D eigenvalue weighted by molar-refractivity contribution is -0.917. The van der Waals surface area contributed by atoms with Gasteiger partial charge in [-0.25, -0.2) is 8.42 Å². The molecule has 15 heavy (non-hydrogen) atoms. The van der Waals surface area contributed by atoms with Crippen LogP contribution in [0.1, 0.15) is 12.8 Å². The van der Waals surface area contributed by atoms with Crippen molar-refractivity contribution in [2.75, 3.05) is 45.6 Å². The van der Waals surface area contributed by atoms with Crippen LogP contribution in [0.25, 0.3) is 0 Å². The molecule has 0 amide bonds. The number of rotatable bonds is 5. The van der Waals surface area contributed by atoms with Gasteiger partial charge in [0.05, 0.1) is 36.9 Å². The van der Waals surface area contributed by atoms with Gasteiger partial charge in [-0.15, -0.1) is 0 Å². The van der Waals surface area contributed by atoms with Gasteiger partial charge < -0.3 is 13.8 Å². The number of quaternary nitrogens is 1. The highest BCUT2D eigenvalue weighted by molar-refractivity contribution is 7.85. The lowest BCUT2D eigenvalue weighted by Crippen LogP contribution is -2.52. The van der Waals surface area contributed by atoms with Crippen LogP contribution in [0.2, 0.25) is 0 Å². The maximum Gasteiger partial charge on any atom is 0.102 e. The van der Waals surface area contributed by atoms with Crippen molar-refractivity contribution < 1.29 is 22.2 Å². The molecule has 0 saturated carbocycles. The predicted molar refractivity (Wildman–Crippen MR) is 55.4 cm³/mol. The average Bonchev–Trinajstić information content (AvgIpc) is 2.12. The molecule has 0 radical (unpaired) electrons. The van der Waals surface area contributed by atoms with Gasteiger partial charge >= 0.3 is 0 Å². The van der Waals surface area contributed by atoms with Crippen molar-refractivity contribution in [3.63, 3.8) is 0 Å². The second-order valence-electron chi connectivity index (χ2n) is 4.37. The first-order valence-electron chi connectivity index (χ1n) is 5.26. The number of nitrogens with zero attached hydrogens (tertiary/aromatic N) is 1. The average molecular weight is 237 g/mol. The minimum atomic E-state index is -4.03. The Hall–Kier alpha value is -0.170. The molecule has 6 heteroatoms. The molecule has 0 atom stereocenters. The van der Waals surface area contributed by atoms with Gasteiger partial charge in [-0.05, 0) is 12.8 Å².